The third-order valence-corrected chi connectivity index (χ3v) is 6.95. The van der Waals surface area contributed by atoms with Gasteiger partial charge in [-0.05, 0) is 12.8 Å². The third-order valence-electron chi connectivity index (χ3n) is 5.75. The van der Waals surface area contributed by atoms with Gasteiger partial charge in [0.15, 0.2) is 6.29 Å². The maximum atomic E-state index is 15.1. The van der Waals surface area contributed by atoms with Gasteiger partial charge in [-0.2, -0.15) is 0 Å². The van der Waals surface area contributed by atoms with Crippen molar-refractivity contribution in [2.75, 3.05) is 13.2 Å². The zero-order chi connectivity index (χ0) is 23.5. The molecule has 0 aromatic rings. The second kappa shape index (κ2) is 10.6. The molecule has 12 nitrogen and oxygen atoms in total. The van der Waals surface area contributed by atoms with E-state index in [1.54, 1.807) is 0 Å². The lowest BCUT2D eigenvalue weighted by molar-refractivity contribution is -0.302. The lowest BCUT2D eigenvalue weighted by Gasteiger charge is -2.39. The van der Waals surface area contributed by atoms with Gasteiger partial charge in [0.05, 0.1) is 19.3 Å². The maximum Gasteiger partial charge on any atom is 0.386 e. The van der Waals surface area contributed by atoms with Crippen LogP contribution >= 0.6 is 8.53 Å². The SMILES string of the molecule is C#[N+]C1CCCCC1NP1OC(=O)C(F)(CCOC2OC(CO)C(O)C(O)C2O)C(=O)O1. The lowest BCUT2D eigenvalue weighted by Crippen LogP contribution is -2.59. The second-order valence-electron chi connectivity index (χ2n) is 7.87. The van der Waals surface area contributed by atoms with Crippen LogP contribution in [0.1, 0.15) is 32.1 Å². The molecule has 1 aliphatic carbocycles. The van der Waals surface area contributed by atoms with E-state index in [0.29, 0.717) is 6.42 Å². The first kappa shape index (κ1) is 25.1. The largest absolute Gasteiger partial charge is 0.394 e. The normalized spacial score (nSPS) is 42.6. The monoisotopic (exact) mass is 481 g/mol. The summed E-state index contributed by atoms with van der Waals surface area (Å²) in [6.07, 6.45) is -5.33. The summed E-state index contributed by atoms with van der Waals surface area (Å²) < 4.78 is 35.3. The Morgan fingerprint density at radius 2 is 1.81 bits per heavy atom. The average molecular weight is 481 g/mol. The summed E-state index contributed by atoms with van der Waals surface area (Å²) in [5.74, 6) is -2.89. The molecule has 32 heavy (non-hydrogen) atoms. The van der Waals surface area contributed by atoms with Crippen molar-refractivity contribution in [1.82, 2.24) is 5.09 Å². The highest BCUT2D eigenvalue weighted by molar-refractivity contribution is 7.46. The predicted molar refractivity (Wildman–Crippen MR) is 105 cm³/mol. The van der Waals surface area contributed by atoms with E-state index >= 15 is 4.39 Å². The van der Waals surface area contributed by atoms with Gasteiger partial charge in [0.1, 0.15) is 24.4 Å². The molecular weight excluding hydrogens is 454 g/mol. The molecule has 0 radical (unpaired) electrons. The number of hydrogen-bond donors (Lipinski definition) is 5. The highest BCUT2D eigenvalue weighted by Crippen LogP contribution is 2.45. The van der Waals surface area contributed by atoms with Crippen molar-refractivity contribution in [3.05, 3.63) is 4.85 Å². The Kier molecular flexibility index (Phi) is 8.35. The van der Waals surface area contributed by atoms with Gasteiger partial charge in [-0.1, -0.05) is 11.3 Å². The van der Waals surface area contributed by atoms with Crippen molar-refractivity contribution in [3.63, 3.8) is 0 Å². The summed E-state index contributed by atoms with van der Waals surface area (Å²) in [6, 6.07) is -0.519. The van der Waals surface area contributed by atoms with Crippen LogP contribution in [0, 0.1) is 6.57 Å². The molecule has 5 N–H and O–H groups in total. The summed E-state index contributed by atoms with van der Waals surface area (Å²) in [5.41, 5.74) is -3.14. The fourth-order valence-electron chi connectivity index (χ4n) is 3.75. The number of ether oxygens (including phenoxy) is 2. The van der Waals surface area contributed by atoms with Gasteiger partial charge in [0, 0.05) is 12.8 Å². The number of hydrogen-bond acceptors (Lipinski definition) is 11. The van der Waals surface area contributed by atoms with Crippen LogP contribution < -0.4 is 5.09 Å². The van der Waals surface area contributed by atoms with Crippen LogP contribution in [0.5, 0.6) is 0 Å². The lowest BCUT2D eigenvalue weighted by atomic mass is 9.92. The minimum Gasteiger partial charge on any atom is -0.394 e. The van der Waals surface area contributed by atoms with E-state index in [0.717, 1.165) is 19.3 Å². The first-order valence-electron chi connectivity index (χ1n) is 10.2. The maximum absolute atomic E-state index is 15.1. The molecule has 7 atom stereocenters. The number of nitrogens with zero attached hydrogens (tertiary/aromatic N) is 1. The molecule has 2 heterocycles. The summed E-state index contributed by atoms with van der Waals surface area (Å²) in [6.45, 7) is 4.11. The van der Waals surface area contributed by atoms with E-state index < -0.39 is 76.5 Å². The highest BCUT2D eigenvalue weighted by Gasteiger charge is 2.57. The van der Waals surface area contributed by atoms with Gasteiger partial charge in [-0.25, -0.2) is 19.1 Å². The zero-order valence-corrected chi connectivity index (χ0v) is 18.0. The number of nitrogens with one attached hydrogen (secondary N) is 1. The van der Waals surface area contributed by atoms with E-state index in [9.17, 15) is 24.9 Å². The third kappa shape index (κ3) is 5.18. The van der Waals surface area contributed by atoms with E-state index in [1.807, 2.05) is 0 Å². The zero-order valence-electron chi connectivity index (χ0n) is 17.1. The number of alkyl halides is 1. The molecule has 2 aliphatic heterocycles. The molecule has 14 heteroatoms. The van der Waals surface area contributed by atoms with Crippen LogP contribution in [0.25, 0.3) is 4.85 Å². The number of halogens is 1. The molecule has 0 aromatic carbocycles. The van der Waals surface area contributed by atoms with Gasteiger partial charge in [0.2, 0.25) is 0 Å². The van der Waals surface area contributed by atoms with Crippen LogP contribution in [0.15, 0.2) is 0 Å². The molecule has 0 amide bonds. The van der Waals surface area contributed by atoms with Gasteiger partial charge in [0.25, 0.3) is 12.6 Å². The van der Waals surface area contributed by atoms with Gasteiger partial charge < -0.3 is 38.9 Å². The quantitative estimate of drug-likeness (QED) is 0.226. The Labute approximate surface area is 184 Å². The molecule has 3 aliphatic rings. The first-order chi connectivity index (χ1) is 15.2. The molecule has 0 aromatic heterocycles. The Morgan fingerprint density at radius 1 is 1.16 bits per heavy atom. The molecule has 180 valence electrons. The molecular formula is C18H27FN2O10P+. The van der Waals surface area contributed by atoms with Crippen LogP contribution in [0.2, 0.25) is 0 Å². The van der Waals surface area contributed by atoms with Crippen molar-refractivity contribution in [3.8, 4) is 6.57 Å². The van der Waals surface area contributed by atoms with Crippen LogP contribution in [0.4, 0.5) is 4.39 Å². The van der Waals surface area contributed by atoms with E-state index in [4.69, 9.17) is 30.2 Å². The number of carbonyl (C=O) groups is 2. The summed E-state index contributed by atoms with van der Waals surface area (Å²) in [4.78, 5) is 28.3. The van der Waals surface area contributed by atoms with Crippen LogP contribution in [-0.4, -0.2) is 94.0 Å². The van der Waals surface area contributed by atoms with Crippen molar-refractivity contribution in [1.29, 1.82) is 0 Å². The van der Waals surface area contributed by atoms with Crippen LogP contribution in [-0.2, 0) is 28.1 Å². The fraction of sp³-hybridized carbons (Fsp3) is 0.833. The number of carbonyl (C=O) groups excluding carboxylic acids is 2. The Bertz CT molecular complexity index is 719. The van der Waals surface area contributed by atoms with Gasteiger partial charge in [-0.3, -0.25) is 0 Å². The fourth-order valence-corrected chi connectivity index (χ4v) is 5.06. The van der Waals surface area contributed by atoms with Gasteiger partial charge in [-0.15, -0.1) is 0 Å². The summed E-state index contributed by atoms with van der Waals surface area (Å²) in [5, 5.41) is 41.4. The molecule has 3 rings (SSSR count). The first-order valence-corrected chi connectivity index (χ1v) is 11.4. The standard InChI is InChI=1S/C18H27FN2O10P/c1-20-9-4-2-3-5-10(9)21-32-30-16(26)18(19,17(27)31-32)6-7-28-15-14(25)13(24)12(23)11(8-22)29-15/h1,9-15,21-25H,2-8H2/q+1. The minimum absolute atomic E-state index is 0.243. The molecule has 0 spiro atoms. The second-order valence-corrected chi connectivity index (χ2v) is 9.01. The molecule has 7 unspecified atom stereocenters. The Balaban J connectivity index is 1.53. The van der Waals surface area contributed by atoms with Crippen molar-refractivity contribution >= 4 is 20.5 Å². The van der Waals surface area contributed by atoms with Crippen molar-refractivity contribution in [2.24, 2.45) is 0 Å². The number of aliphatic hydroxyl groups is 4. The van der Waals surface area contributed by atoms with E-state index in [-0.39, 0.29) is 12.1 Å². The predicted octanol–water partition coefficient (Wildman–Crippen LogP) is -0.908. The van der Waals surface area contributed by atoms with Crippen molar-refractivity contribution in [2.45, 2.75) is 80.6 Å². The topological polar surface area (TPSA) is 168 Å². The van der Waals surface area contributed by atoms with Crippen molar-refractivity contribution < 1.29 is 52.9 Å². The molecule has 2 saturated heterocycles. The Morgan fingerprint density at radius 3 is 2.44 bits per heavy atom. The smallest absolute Gasteiger partial charge is 0.386 e. The summed E-state index contributed by atoms with van der Waals surface area (Å²) >= 11 is 0. The van der Waals surface area contributed by atoms with E-state index in [1.165, 1.54) is 0 Å². The number of aliphatic hydroxyl groups excluding tert-OH is 4. The van der Waals surface area contributed by atoms with E-state index in [2.05, 4.69) is 9.93 Å². The van der Waals surface area contributed by atoms with Crippen LogP contribution in [0.3, 0.4) is 0 Å². The Hall–Kier alpha value is -1.49. The average Bonchev–Trinajstić information content (AvgIpc) is 2.78. The highest BCUT2D eigenvalue weighted by atomic mass is 31.2. The molecule has 0 bridgehead atoms. The molecule has 1 saturated carbocycles. The molecule has 3 fully saturated rings. The summed E-state index contributed by atoms with van der Waals surface area (Å²) in [7, 11) is -2.22. The van der Waals surface area contributed by atoms with Gasteiger partial charge >= 0.3 is 26.1 Å². The minimum atomic E-state index is -3.14. The number of rotatable bonds is 7.